The van der Waals surface area contributed by atoms with Crippen LogP contribution in [-0.2, 0) is 13.0 Å². The van der Waals surface area contributed by atoms with Gasteiger partial charge < -0.3 is 9.15 Å². The van der Waals surface area contributed by atoms with Gasteiger partial charge in [-0.2, -0.15) is 0 Å². The number of benzene rings is 1. The van der Waals surface area contributed by atoms with Crippen molar-refractivity contribution >= 4 is 5.78 Å². The molecule has 0 fully saturated rings. The molecule has 0 atom stereocenters. The van der Waals surface area contributed by atoms with E-state index in [4.69, 9.17) is 9.15 Å². The largest absolute Gasteiger partial charge is 0.484 e. The van der Waals surface area contributed by atoms with Gasteiger partial charge in [0, 0.05) is 12.0 Å². The molecule has 1 aromatic heterocycles. The van der Waals surface area contributed by atoms with Crippen LogP contribution in [0.2, 0.25) is 0 Å². The molecule has 0 amide bonds. The summed E-state index contributed by atoms with van der Waals surface area (Å²) >= 11 is 0. The van der Waals surface area contributed by atoms with Crippen LogP contribution in [0.25, 0.3) is 0 Å². The van der Waals surface area contributed by atoms with Gasteiger partial charge in [0.2, 0.25) is 5.89 Å². The molecule has 0 saturated carbocycles. The van der Waals surface area contributed by atoms with Crippen molar-refractivity contribution in [2.24, 2.45) is 0 Å². The smallest absolute Gasteiger partial charge is 0.232 e. The van der Waals surface area contributed by atoms with Crippen LogP contribution in [0.15, 0.2) is 22.6 Å². The van der Waals surface area contributed by atoms with Crippen LogP contribution >= 0.6 is 0 Å². The minimum atomic E-state index is 0.233. The van der Waals surface area contributed by atoms with Crippen LogP contribution in [0.5, 0.6) is 5.75 Å². The molecule has 4 nitrogen and oxygen atoms in total. The molecule has 4 heteroatoms. The first-order chi connectivity index (χ1) is 9.63. The number of ketones is 1. The number of ether oxygens (including phenoxy) is 1. The molecular formula is C16H17NO3. The first-order valence-electron chi connectivity index (χ1n) is 6.85. The van der Waals surface area contributed by atoms with Crippen molar-refractivity contribution in [1.29, 1.82) is 0 Å². The van der Waals surface area contributed by atoms with Gasteiger partial charge in [0.15, 0.2) is 12.4 Å². The fraction of sp³-hybridized carbons (Fsp3) is 0.375. The van der Waals surface area contributed by atoms with Crippen molar-refractivity contribution in [1.82, 2.24) is 4.98 Å². The van der Waals surface area contributed by atoms with Crippen molar-refractivity contribution in [2.75, 3.05) is 0 Å². The Morgan fingerprint density at radius 1 is 1.30 bits per heavy atom. The average Bonchev–Trinajstić information content (AvgIpc) is 2.76. The van der Waals surface area contributed by atoms with Crippen LogP contribution in [0, 0.1) is 13.8 Å². The van der Waals surface area contributed by atoms with Crippen molar-refractivity contribution in [3.8, 4) is 5.75 Å². The molecule has 0 spiro atoms. The number of carbonyl (C=O) groups excluding carboxylic acids is 1. The van der Waals surface area contributed by atoms with Gasteiger partial charge in [-0.3, -0.25) is 4.79 Å². The lowest BCUT2D eigenvalue weighted by Crippen LogP contribution is -2.10. The molecular weight excluding hydrogens is 254 g/mol. The summed E-state index contributed by atoms with van der Waals surface area (Å²) in [5, 5.41) is 0. The van der Waals surface area contributed by atoms with E-state index in [1.54, 1.807) is 0 Å². The summed E-state index contributed by atoms with van der Waals surface area (Å²) in [7, 11) is 0. The number of rotatable bonds is 3. The number of aromatic nitrogens is 1. The maximum atomic E-state index is 11.8. The Balaban J connectivity index is 1.73. The Bertz CT molecular complexity index is 638. The molecule has 0 bridgehead atoms. The number of nitrogens with zero attached hydrogens (tertiary/aromatic N) is 1. The third kappa shape index (κ3) is 2.46. The highest BCUT2D eigenvalue weighted by atomic mass is 16.5. The first kappa shape index (κ1) is 12.9. The minimum Gasteiger partial charge on any atom is -0.484 e. The second kappa shape index (κ2) is 5.12. The van der Waals surface area contributed by atoms with E-state index in [1.807, 2.05) is 32.0 Å². The fourth-order valence-corrected chi connectivity index (χ4v) is 2.46. The standard InChI is InChI=1S/C16H17NO3/c1-10-11(2)20-16(17-10)9-19-13-6-7-14-12(8-13)4-3-5-15(14)18/h6-8H,3-5,9H2,1-2H3. The van der Waals surface area contributed by atoms with E-state index in [9.17, 15) is 4.79 Å². The third-order valence-corrected chi connectivity index (χ3v) is 3.66. The lowest BCUT2D eigenvalue weighted by atomic mass is 9.91. The van der Waals surface area contributed by atoms with Gasteiger partial charge in [-0.15, -0.1) is 0 Å². The molecule has 20 heavy (non-hydrogen) atoms. The van der Waals surface area contributed by atoms with E-state index in [1.165, 1.54) is 0 Å². The minimum absolute atomic E-state index is 0.233. The van der Waals surface area contributed by atoms with Gasteiger partial charge in [-0.1, -0.05) is 0 Å². The number of hydrogen-bond acceptors (Lipinski definition) is 4. The molecule has 1 aliphatic rings. The summed E-state index contributed by atoms with van der Waals surface area (Å²) in [5.74, 6) is 2.39. The highest BCUT2D eigenvalue weighted by Gasteiger charge is 2.17. The average molecular weight is 271 g/mol. The van der Waals surface area contributed by atoms with E-state index in [2.05, 4.69) is 4.98 Å². The van der Waals surface area contributed by atoms with Crippen LogP contribution in [0.3, 0.4) is 0 Å². The normalized spacial score (nSPS) is 14.2. The van der Waals surface area contributed by atoms with Crippen molar-refractivity contribution in [3.05, 3.63) is 46.7 Å². The number of Topliss-reactive ketones (excluding diaryl/α,β-unsaturated/α-hetero) is 1. The van der Waals surface area contributed by atoms with Crippen LogP contribution in [-0.4, -0.2) is 10.8 Å². The predicted molar refractivity (Wildman–Crippen MR) is 74.0 cm³/mol. The number of fused-ring (bicyclic) bond motifs is 1. The summed E-state index contributed by atoms with van der Waals surface area (Å²) in [6.45, 7) is 4.10. The molecule has 2 aromatic rings. The van der Waals surface area contributed by atoms with E-state index < -0.39 is 0 Å². The SMILES string of the molecule is Cc1nc(COc2ccc3c(c2)CCCC3=O)oc1C. The van der Waals surface area contributed by atoms with E-state index in [0.29, 0.717) is 18.9 Å². The number of oxazole rings is 1. The molecule has 0 saturated heterocycles. The highest BCUT2D eigenvalue weighted by Crippen LogP contribution is 2.26. The van der Waals surface area contributed by atoms with Crippen LogP contribution in [0.4, 0.5) is 0 Å². The second-order valence-corrected chi connectivity index (χ2v) is 5.13. The quantitative estimate of drug-likeness (QED) is 0.858. The zero-order chi connectivity index (χ0) is 14.1. The molecule has 0 unspecified atom stereocenters. The maximum Gasteiger partial charge on any atom is 0.232 e. The Kier molecular flexibility index (Phi) is 3.30. The Morgan fingerprint density at radius 2 is 2.15 bits per heavy atom. The summed E-state index contributed by atoms with van der Waals surface area (Å²) in [4.78, 5) is 16.0. The molecule has 0 radical (unpaired) electrons. The molecule has 104 valence electrons. The Labute approximate surface area is 117 Å². The maximum absolute atomic E-state index is 11.8. The zero-order valence-corrected chi connectivity index (χ0v) is 11.7. The molecule has 0 N–H and O–H groups in total. The molecule has 1 heterocycles. The Morgan fingerprint density at radius 3 is 2.90 bits per heavy atom. The number of carbonyl (C=O) groups is 1. The molecule has 3 rings (SSSR count). The van der Waals surface area contributed by atoms with Crippen LogP contribution < -0.4 is 4.74 Å². The Hall–Kier alpha value is -2.10. The summed E-state index contributed by atoms with van der Waals surface area (Å²) in [5.41, 5.74) is 2.81. The van der Waals surface area contributed by atoms with Crippen molar-refractivity contribution in [2.45, 2.75) is 39.7 Å². The van der Waals surface area contributed by atoms with E-state index in [0.717, 1.165) is 41.2 Å². The van der Waals surface area contributed by atoms with Gasteiger partial charge >= 0.3 is 0 Å². The van der Waals surface area contributed by atoms with Crippen molar-refractivity contribution in [3.63, 3.8) is 0 Å². The van der Waals surface area contributed by atoms with Gasteiger partial charge in [0.05, 0.1) is 5.69 Å². The van der Waals surface area contributed by atoms with Gasteiger partial charge in [-0.25, -0.2) is 4.98 Å². The van der Waals surface area contributed by atoms with Crippen LogP contribution in [0.1, 0.15) is 46.1 Å². The first-order valence-corrected chi connectivity index (χ1v) is 6.85. The lowest BCUT2D eigenvalue weighted by molar-refractivity contribution is 0.0972. The number of hydrogen-bond donors (Lipinski definition) is 0. The molecule has 1 aliphatic carbocycles. The van der Waals surface area contributed by atoms with Gasteiger partial charge in [0.25, 0.3) is 0 Å². The fourth-order valence-electron chi connectivity index (χ4n) is 2.46. The highest BCUT2D eigenvalue weighted by molar-refractivity contribution is 5.98. The number of aryl methyl sites for hydroxylation is 3. The predicted octanol–water partition coefficient (Wildman–Crippen LogP) is 3.39. The topological polar surface area (TPSA) is 52.3 Å². The molecule has 0 aliphatic heterocycles. The summed E-state index contributed by atoms with van der Waals surface area (Å²) in [6.07, 6.45) is 2.52. The zero-order valence-electron chi connectivity index (χ0n) is 11.7. The monoisotopic (exact) mass is 271 g/mol. The van der Waals surface area contributed by atoms with Gasteiger partial charge in [-0.05, 0) is 50.5 Å². The summed E-state index contributed by atoms with van der Waals surface area (Å²) in [6, 6.07) is 5.65. The molecule has 1 aromatic carbocycles. The lowest BCUT2D eigenvalue weighted by Gasteiger charge is -2.15. The van der Waals surface area contributed by atoms with Crippen molar-refractivity contribution < 1.29 is 13.9 Å². The van der Waals surface area contributed by atoms with E-state index in [-0.39, 0.29) is 5.78 Å². The third-order valence-electron chi connectivity index (χ3n) is 3.66. The summed E-state index contributed by atoms with van der Waals surface area (Å²) < 4.78 is 11.2. The van der Waals surface area contributed by atoms with E-state index >= 15 is 0 Å². The van der Waals surface area contributed by atoms with Gasteiger partial charge in [0.1, 0.15) is 11.5 Å². The second-order valence-electron chi connectivity index (χ2n) is 5.13.